The van der Waals surface area contributed by atoms with Gasteiger partial charge in [-0.1, -0.05) is 12.1 Å². The van der Waals surface area contributed by atoms with Crippen LogP contribution >= 0.6 is 24.2 Å². The van der Waals surface area contributed by atoms with Crippen molar-refractivity contribution in [2.45, 2.75) is 24.2 Å². The van der Waals surface area contributed by atoms with Gasteiger partial charge in [-0.05, 0) is 24.5 Å². The molecule has 0 spiro atoms. The second-order valence-corrected chi connectivity index (χ2v) is 3.80. The number of hydrogen-bond donors (Lipinski definition) is 1. The molecule has 0 radical (unpaired) electrons. The molecular formula is C10H11ClF2S. The van der Waals surface area contributed by atoms with E-state index in [9.17, 15) is 8.78 Å². The number of rotatable bonds is 4. The van der Waals surface area contributed by atoms with E-state index in [2.05, 4.69) is 12.6 Å². The molecule has 0 aliphatic carbocycles. The fourth-order valence-electron chi connectivity index (χ4n) is 1.31. The van der Waals surface area contributed by atoms with Crippen LogP contribution in [0, 0.1) is 0 Å². The summed E-state index contributed by atoms with van der Waals surface area (Å²) in [7, 11) is 0. The van der Waals surface area contributed by atoms with E-state index in [1.807, 2.05) is 0 Å². The Morgan fingerprint density at radius 3 is 2.64 bits per heavy atom. The van der Waals surface area contributed by atoms with Gasteiger partial charge >= 0.3 is 0 Å². The Kier molecular flexibility index (Phi) is 4.69. The van der Waals surface area contributed by atoms with Gasteiger partial charge in [-0.3, -0.25) is 0 Å². The molecule has 0 aliphatic rings. The van der Waals surface area contributed by atoms with Crippen LogP contribution in [0.5, 0.6) is 0 Å². The third-order valence-electron chi connectivity index (χ3n) is 1.98. The van der Waals surface area contributed by atoms with Crippen LogP contribution in [0.1, 0.15) is 24.0 Å². The van der Waals surface area contributed by atoms with Crippen LogP contribution in [-0.2, 0) is 6.42 Å². The third kappa shape index (κ3) is 2.85. The quantitative estimate of drug-likeness (QED) is 0.591. The number of benzene rings is 1. The van der Waals surface area contributed by atoms with Gasteiger partial charge < -0.3 is 0 Å². The van der Waals surface area contributed by atoms with Crippen LogP contribution in [0.3, 0.4) is 0 Å². The highest BCUT2D eigenvalue weighted by atomic mass is 35.5. The predicted octanol–water partition coefficient (Wildman–Crippen LogP) is 4.08. The van der Waals surface area contributed by atoms with Gasteiger partial charge in [-0.2, -0.15) is 0 Å². The van der Waals surface area contributed by atoms with E-state index in [-0.39, 0.29) is 5.56 Å². The van der Waals surface area contributed by atoms with Gasteiger partial charge in [-0.25, -0.2) is 8.78 Å². The van der Waals surface area contributed by atoms with Gasteiger partial charge in [0, 0.05) is 16.3 Å². The van der Waals surface area contributed by atoms with E-state index < -0.39 is 6.43 Å². The molecule has 0 heterocycles. The third-order valence-corrected chi connectivity index (χ3v) is 2.67. The van der Waals surface area contributed by atoms with Crippen molar-refractivity contribution in [3.05, 3.63) is 29.3 Å². The first-order chi connectivity index (χ1) is 6.66. The molecule has 0 amide bonds. The summed E-state index contributed by atoms with van der Waals surface area (Å²) in [5.74, 6) is 0.477. The minimum Gasteiger partial charge on any atom is -0.205 e. The molecule has 78 valence electrons. The molecule has 0 aliphatic heterocycles. The predicted molar refractivity (Wildman–Crippen MR) is 57.7 cm³/mol. The molecule has 1 rings (SSSR count). The zero-order chi connectivity index (χ0) is 10.6. The second kappa shape index (κ2) is 5.56. The molecule has 4 heteroatoms. The molecule has 0 aromatic heterocycles. The average Bonchev–Trinajstić information content (AvgIpc) is 2.15. The first kappa shape index (κ1) is 11.8. The van der Waals surface area contributed by atoms with Crippen LogP contribution in [0.25, 0.3) is 0 Å². The lowest BCUT2D eigenvalue weighted by Gasteiger charge is -2.10. The Bertz CT molecular complexity index is 302. The SMILES string of the molecule is FC(F)c1cccc(S)c1CCCCl. The summed E-state index contributed by atoms with van der Waals surface area (Å²) in [4.78, 5) is 0.618. The summed E-state index contributed by atoms with van der Waals surface area (Å²) in [5, 5.41) is 0. The molecule has 0 atom stereocenters. The largest absolute Gasteiger partial charge is 0.264 e. The van der Waals surface area contributed by atoms with Gasteiger partial charge in [0.15, 0.2) is 0 Å². The van der Waals surface area contributed by atoms with Crippen LogP contribution in [-0.4, -0.2) is 5.88 Å². The van der Waals surface area contributed by atoms with Gasteiger partial charge in [0.05, 0.1) is 0 Å². The zero-order valence-corrected chi connectivity index (χ0v) is 9.16. The standard InChI is InChI=1S/C10H11ClF2S/c11-6-2-4-7-8(10(12)13)3-1-5-9(7)14/h1,3,5,10,14H,2,4,6H2. The second-order valence-electron chi connectivity index (χ2n) is 2.94. The maximum atomic E-state index is 12.6. The van der Waals surface area contributed by atoms with Crippen molar-refractivity contribution in [2.24, 2.45) is 0 Å². The van der Waals surface area contributed by atoms with Crippen molar-refractivity contribution < 1.29 is 8.78 Å². The molecule has 1 aromatic rings. The monoisotopic (exact) mass is 236 g/mol. The van der Waals surface area contributed by atoms with Crippen molar-refractivity contribution in [1.29, 1.82) is 0 Å². The highest BCUT2D eigenvalue weighted by Crippen LogP contribution is 2.28. The zero-order valence-electron chi connectivity index (χ0n) is 7.51. The Hall–Kier alpha value is -0.280. The van der Waals surface area contributed by atoms with E-state index >= 15 is 0 Å². The lowest BCUT2D eigenvalue weighted by atomic mass is 10.0. The van der Waals surface area contributed by atoms with Crippen LogP contribution in [0.2, 0.25) is 0 Å². The Morgan fingerprint density at radius 2 is 2.07 bits per heavy atom. The van der Waals surface area contributed by atoms with Crippen molar-refractivity contribution in [3.8, 4) is 0 Å². The van der Waals surface area contributed by atoms with E-state index in [4.69, 9.17) is 11.6 Å². The number of alkyl halides is 3. The molecule has 0 saturated carbocycles. The van der Waals surface area contributed by atoms with Crippen molar-refractivity contribution >= 4 is 24.2 Å². The summed E-state index contributed by atoms with van der Waals surface area (Å²) >= 11 is 9.68. The Morgan fingerprint density at radius 1 is 1.36 bits per heavy atom. The smallest absolute Gasteiger partial charge is 0.205 e. The topological polar surface area (TPSA) is 0 Å². The molecule has 0 saturated heterocycles. The lowest BCUT2D eigenvalue weighted by molar-refractivity contribution is 0.150. The summed E-state index contributed by atoms with van der Waals surface area (Å²) < 4.78 is 25.1. The highest BCUT2D eigenvalue weighted by molar-refractivity contribution is 7.80. The highest BCUT2D eigenvalue weighted by Gasteiger charge is 2.13. The van der Waals surface area contributed by atoms with Crippen molar-refractivity contribution in [3.63, 3.8) is 0 Å². The number of hydrogen-bond acceptors (Lipinski definition) is 1. The first-order valence-corrected chi connectivity index (χ1v) is 5.30. The van der Waals surface area contributed by atoms with E-state index in [0.717, 1.165) is 0 Å². The van der Waals surface area contributed by atoms with Crippen molar-refractivity contribution in [2.75, 3.05) is 5.88 Å². The maximum Gasteiger partial charge on any atom is 0.264 e. The molecule has 0 nitrogen and oxygen atoms in total. The van der Waals surface area contributed by atoms with Gasteiger partial charge in [0.25, 0.3) is 6.43 Å². The summed E-state index contributed by atoms with van der Waals surface area (Å²) in [6.45, 7) is 0. The minimum absolute atomic E-state index is 0.0719. The van der Waals surface area contributed by atoms with Crippen LogP contribution < -0.4 is 0 Å². The van der Waals surface area contributed by atoms with Gasteiger partial charge in [0.2, 0.25) is 0 Å². The molecule has 0 unspecified atom stereocenters. The van der Waals surface area contributed by atoms with Crippen LogP contribution in [0.4, 0.5) is 8.78 Å². The summed E-state index contributed by atoms with van der Waals surface area (Å²) in [6.07, 6.45) is -1.19. The minimum atomic E-state index is -2.44. The van der Waals surface area contributed by atoms with Crippen molar-refractivity contribution in [1.82, 2.24) is 0 Å². The van der Waals surface area contributed by atoms with E-state index in [1.165, 1.54) is 6.07 Å². The summed E-state index contributed by atoms with van der Waals surface area (Å²) in [6, 6.07) is 4.75. The molecule has 1 aromatic carbocycles. The maximum absolute atomic E-state index is 12.6. The number of halogens is 3. The first-order valence-electron chi connectivity index (χ1n) is 4.31. The Balaban J connectivity index is 2.96. The molecule has 0 fully saturated rings. The molecule has 0 N–H and O–H groups in total. The Labute approximate surface area is 92.7 Å². The molecular weight excluding hydrogens is 226 g/mol. The molecule has 14 heavy (non-hydrogen) atoms. The number of thiol groups is 1. The van der Waals surface area contributed by atoms with Crippen LogP contribution in [0.15, 0.2) is 23.1 Å². The summed E-state index contributed by atoms with van der Waals surface area (Å²) in [5.41, 5.74) is 0.689. The molecule has 0 bridgehead atoms. The lowest BCUT2D eigenvalue weighted by Crippen LogP contribution is -1.97. The normalized spacial score (nSPS) is 10.9. The van der Waals surface area contributed by atoms with Gasteiger partial charge in [0.1, 0.15) is 0 Å². The van der Waals surface area contributed by atoms with E-state index in [1.54, 1.807) is 12.1 Å². The average molecular weight is 237 g/mol. The fourth-order valence-corrected chi connectivity index (χ4v) is 1.77. The van der Waals surface area contributed by atoms with Gasteiger partial charge in [-0.15, -0.1) is 24.2 Å². The van der Waals surface area contributed by atoms with E-state index in [0.29, 0.717) is 29.2 Å². The fraction of sp³-hybridized carbons (Fsp3) is 0.400.